The highest BCUT2D eigenvalue weighted by atomic mass is 35.5. The zero-order valence-electron chi connectivity index (χ0n) is 13.7. The zero-order chi connectivity index (χ0) is 17.5. The van der Waals surface area contributed by atoms with Gasteiger partial charge in [-0.15, -0.1) is 0 Å². The third-order valence-corrected chi connectivity index (χ3v) is 4.67. The number of aromatic nitrogens is 2. The van der Waals surface area contributed by atoms with Crippen LogP contribution in [-0.2, 0) is 11.2 Å². The molecule has 0 amide bonds. The lowest BCUT2D eigenvalue weighted by Crippen LogP contribution is -2.07. The number of hydrogen-bond donors (Lipinski definition) is 2. The molecule has 24 heavy (non-hydrogen) atoms. The van der Waals surface area contributed by atoms with Gasteiger partial charge in [-0.2, -0.15) is 0 Å². The van der Waals surface area contributed by atoms with Crippen molar-refractivity contribution in [1.29, 1.82) is 0 Å². The fourth-order valence-electron chi connectivity index (χ4n) is 2.26. The molecule has 0 spiro atoms. The summed E-state index contributed by atoms with van der Waals surface area (Å²) in [6.07, 6.45) is 1.95. The predicted molar refractivity (Wildman–Crippen MR) is 98.1 cm³/mol. The molecular weight excluding hydrogens is 346 g/mol. The van der Waals surface area contributed by atoms with Gasteiger partial charge >= 0.3 is 5.97 Å². The maximum absolute atomic E-state index is 10.6. The predicted octanol–water partition coefficient (Wildman–Crippen LogP) is 3.97. The minimum atomic E-state index is -0.911. The SMILES string of the molecule is Cc1cccc(CCCNc2cc(Cl)nc(SCC(=O)O)n2)c1C. The van der Waals surface area contributed by atoms with Gasteiger partial charge in [0, 0.05) is 12.6 Å². The molecule has 7 heteroatoms. The van der Waals surface area contributed by atoms with E-state index in [0.29, 0.717) is 16.1 Å². The summed E-state index contributed by atoms with van der Waals surface area (Å²) in [5, 5.41) is 12.6. The minimum absolute atomic E-state index is 0.0909. The maximum Gasteiger partial charge on any atom is 0.313 e. The van der Waals surface area contributed by atoms with E-state index in [4.69, 9.17) is 16.7 Å². The molecule has 0 saturated carbocycles. The number of rotatable bonds is 8. The molecule has 0 fully saturated rings. The van der Waals surface area contributed by atoms with Crippen LogP contribution in [-0.4, -0.2) is 33.3 Å². The molecule has 0 saturated heterocycles. The number of carbonyl (C=O) groups is 1. The molecule has 0 bridgehead atoms. The first-order valence-corrected chi connectivity index (χ1v) is 9.00. The van der Waals surface area contributed by atoms with Crippen molar-refractivity contribution in [2.75, 3.05) is 17.6 Å². The summed E-state index contributed by atoms with van der Waals surface area (Å²) in [4.78, 5) is 18.9. The number of carboxylic acids is 1. The lowest BCUT2D eigenvalue weighted by Gasteiger charge is -2.10. The molecule has 1 heterocycles. The van der Waals surface area contributed by atoms with Crippen LogP contribution in [0, 0.1) is 13.8 Å². The molecule has 128 valence electrons. The number of anilines is 1. The molecule has 0 aliphatic carbocycles. The Morgan fingerprint density at radius 2 is 2.12 bits per heavy atom. The van der Waals surface area contributed by atoms with Crippen molar-refractivity contribution in [2.45, 2.75) is 31.8 Å². The normalized spacial score (nSPS) is 10.6. The zero-order valence-corrected chi connectivity index (χ0v) is 15.2. The maximum atomic E-state index is 10.6. The van der Waals surface area contributed by atoms with Crippen LogP contribution in [0.2, 0.25) is 5.15 Å². The first kappa shape index (κ1) is 18.5. The smallest absolute Gasteiger partial charge is 0.313 e. The van der Waals surface area contributed by atoms with Crippen molar-refractivity contribution in [1.82, 2.24) is 9.97 Å². The fraction of sp³-hybridized carbons (Fsp3) is 0.353. The summed E-state index contributed by atoms with van der Waals surface area (Å²) in [6.45, 7) is 5.02. The van der Waals surface area contributed by atoms with Crippen LogP contribution in [0.5, 0.6) is 0 Å². The first-order valence-electron chi connectivity index (χ1n) is 7.64. The highest BCUT2D eigenvalue weighted by molar-refractivity contribution is 7.99. The van der Waals surface area contributed by atoms with E-state index in [0.717, 1.165) is 31.1 Å². The number of nitrogens with zero attached hydrogens (tertiary/aromatic N) is 2. The molecule has 1 aromatic carbocycles. The van der Waals surface area contributed by atoms with Crippen LogP contribution in [0.25, 0.3) is 0 Å². The molecule has 0 radical (unpaired) electrons. The van der Waals surface area contributed by atoms with E-state index in [1.807, 2.05) is 0 Å². The first-order chi connectivity index (χ1) is 11.5. The minimum Gasteiger partial charge on any atom is -0.481 e. The number of carboxylic acid groups (broad SMARTS) is 1. The average molecular weight is 366 g/mol. The second kappa shape index (κ2) is 8.89. The second-order valence-electron chi connectivity index (χ2n) is 5.43. The van der Waals surface area contributed by atoms with E-state index < -0.39 is 5.97 Å². The van der Waals surface area contributed by atoms with Crippen LogP contribution in [0.15, 0.2) is 29.4 Å². The summed E-state index contributed by atoms with van der Waals surface area (Å²) in [6, 6.07) is 8.01. The highest BCUT2D eigenvalue weighted by Crippen LogP contribution is 2.19. The molecular formula is C17H20ClN3O2S. The lowest BCUT2D eigenvalue weighted by atomic mass is 10.00. The molecule has 0 aliphatic heterocycles. The average Bonchev–Trinajstić information content (AvgIpc) is 2.53. The van der Waals surface area contributed by atoms with Gasteiger partial charge in [-0.1, -0.05) is 41.6 Å². The molecule has 0 aliphatic rings. The van der Waals surface area contributed by atoms with Gasteiger partial charge in [0.15, 0.2) is 5.16 Å². The molecule has 0 atom stereocenters. The van der Waals surface area contributed by atoms with E-state index in [1.54, 1.807) is 6.07 Å². The van der Waals surface area contributed by atoms with Crippen molar-refractivity contribution >= 4 is 35.1 Å². The summed E-state index contributed by atoms with van der Waals surface area (Å²) < 4.78 is 0. The van der Waals surface area contributed by atoms with Crippen molar-refractivity contribution in [3.63, 3.8) is 0 Å². The Hall–Kier alpha value is -1.79. The number of benzene rings is 1. The summed E-state index contributed by atoms with van der Waals surface area (Å²) in [5.41, 5.74) is 4.01. The van der Waals surface area contributed by atoms with Crippen molar-refractivity contribution in [2.24, 2.45) is 0 Å². The molecule has 2 N–H and O–H groups in total. The quantitative estimate of drug-likeness (QED) is 0.319. The van der Waals surface area contributed by atoms with E-state index in [1.165, 1.54) is 16.7 Å². The van der Waals surface area contributed by atoms with Gasteiger partial charge in [-0.3, -0.25) is 4.79 Å². The van der Waals surface area contributed by atoms with Crippen molar-refractivity contribution in [3.05, 3.63) is 46.1 Å². The summed E-state index contributed by atoms with van der Waals surface area (Å²) >= 11 is 7.01. The van der Waals surface area contributed by atoms with E-state index >= 15 is 0 Å². The largest absolute Gasteiger partial charge is 0.481 e. The van der Waals surface area contributed by atoms with Gasteiger partial charge in [0.2, 0.25) is 0 Å². The van der Waals surface area contributed by atoms with E-state index in [2.05, 4.69) is 47.3 Å². The van der Waals surface area contributed by atoms with Gasteiger partial charge in [0.25, 0.3) is 0 Å². The van der Waals surface area contributed by atoms with Crippen LogP contribution in [0.4, 0.5) is 5.82 Å². The third-order valence-electron chi connectivity index (χ3n) is 3.64. The number of nitrogens with one attached hydrogen (secondary N) is 1. The van der Waals surface area contributed by atoms with Gasteiger partial charge in [0.05, 0.1) is 5.75 Å². The molecule has 2 aromatic rings. The standard InChI is InChI=1S/C17H20ClN3O2S/c1-11-5-3-6-13(12(11)2)7-4-8-19-15-9-14(18)20-17(21-15)24-10-16(22)23/h3,5-6,9H,4,7-8,10H2,1-2H3,(H,22,23)(H,19,20,21). The Morgan fingerprint density at radius 3 is 2.88 bits per heavy atom. The van der Waals surface area contributed by atoms with Gasteiger partial charge < -0.3 is 10.4 Å². The molecule has 5 nitrogen and oxygen atoms in total. The monoisotopic (exact) mass is 365 g/mol. The van der Waals surface area contributed by atoms with Gasteiger partial charge in [-0.25, -0.2) is 9.97 Å². The van der Waals surface area contributed by atoms with Crippen LogP contribution < -0.4 is 5.32 Å². The van der Waals surface area contributed by atoms with Crippen molar-refractivity contribution in [3.8, 4) is 0 Å². The van der Waals surface area contributed by atoms with Crippen molar-refractivity contribution < 1.29 is 9.90 Å². The summed E-state index contributed by atoms with van der Waals surface area (Å²) in [7, 11) is 0. The van der Waals surface area contributed by atoms with Crippen LogP contribution in [0.3, 0.4) is 0 Å². The van der Waals surface area contributed by atoms with E-state index in [9.17, 15) is 4.79 Å². The number of hydrogen-bond acceptors (Lipinski definition) is 5. The lowest BCUT2D eigenvalue weighted by molar-refractivity contribution is -0.133. The highest BCUT2D eigenvalue weighted by Gasteiger charge is 2.07. The number of aliphatic carboxylic acids is 1. The Morgan fingerprint density at radius 1 is 1.33 bits per heavy atom. The molecule has 0 unspecified atom stereocenters. The van der Waals surface area contributed by atoms with Gasteiger partial charge in [-0.05, 0) is 43.4 Å². The Kier molecular flexibility index (Phi) is 6.87. The molecule has 2 rings (SSSR count). The second-order valence-corrected chi connectivity index (χ2v) is 6.76. The van der Waals surface area contributed by atoms with E-state index in [-0.39, 0.29) is 5.75 Å². The fourth-order valence-corrected chi connectivity index (χ4v) is 3.07. The van der Waals surface area contributed by atoms with Gasteiger partial charge in [0.1, 0.15) is 11.0 Å². The Bertz CT molecular complexity index is 725. The third kappa shape index (κ3) is 5.69. The summed E-state index contributed by atoms with van der Waals surface area (Å²) in [5.74, 6) is -0.387. The number of halogens is 1. The number of aryl methyl sites for hydroxylation is 2. The van der Waals surface area contributed by atoms with Crippen LogP contribution >= 0.6 is 23.4 Å². The Labute approximate surface area is 150 Å². The number of thioether (sulfide) groups is 1. The molecule has 1 aromatic heterocycles. The van der Waals surface area contributed by atoms with Crippen LogP contribution in [0.1, 0.15) is 23.1 Å². The Balaban J connectivity index is 1.87. The topological polar surface area (TPSA) is 75.1 Å².